The Kier molecular flexibility index (Phi) is 3.31. The fourth-order valence-electron chi connectivity index (χ4n) is 2.86. The molecule has 5 nitrogen and oxygen atoms in total. The summed E-state index contributed by atoms with van der Waals surface area (Å²) in [5.74, 6) is 9.29. The van der Waals surface area contributed by atoms with E-state index in [4.69, 9.17) is 5.84 Å². The van der Waals surface area contributed by atoms with Crippen LogP contribution in [0.3, 0.4) is 0 Å². The Bertz CT molecular complexity index is 439. The van der Waals surface area contributed by atoms with E-state index < -0.39 is 0 Å². The third kappa shape index (κ3) is 2.66. The molecule has 3 rings (SSSR count). The maximum absolute atomic E-state index is 5.56. The molecule has 104 valence electrons. The highest BCUT2D eigenvalue weighted by molar-refractivity contribution is 5.59. The molecule has 19 heavy (non-hydrogen) atoms. The highest BCUT2D eigenvalue weighted by atomic mass is 15.3. The van der Waals surface area contributed by atoms with E-state index in [-0.39, 0.29) is 0 Å². The van der Waals surface area contributed by atoms with Crippen LogP contribution in [0.5, 0.6) is 0 Å². The van der Waals surface area contributed by atoms with E-state index in [0.29, 0.717) is 12.0 Å². The van der Waals surface area contributed by atoms with Gasteiger partial charge in [0.05, 0.1) is 0 Å². The normalized spacial score (nSPS) is 19.0. The molecule has 0 atom stereocenters. The van der Waals surface area contributed by atoms with Gasteiger partial charge in [0, 0.05) is 11.6 Å². The van der Waals surface area contributed by atoms with Gasteiger partial charge in [-0.2, -0.15) is 0 Å². The lowest BCUT2D eigenvalue weighted by molar-refractivity contribution is 0.564. The first kappa shape index (κ1) is 12.7. The molecule has 5 heteroatoms. The number of nitrogen functional groups attached to an aromatic ring is 1. The standard InChI is InChI=1S/C14H23N5/c1-8(2)11-13(16-7-17-14(11)19-15)18-12(9-3-4-9)10-5-6-10/h7-10,12H,3-6,15H2,1-2H3,(H2,16,17,18,19). The molecule has 4 N–H and O–H groups in total. The Balaban J connectivity index is 1.86. The summed E-state index contributed by atoms with van der Waals surface area (Å²) in [5, 5.41) is 3.68. The van der Waals surface area contributed by atoms with E-state index in [1.807, 2.05) is 0 Å². The second-order valence-corrected chi connectivity index (χ2v) is 6.13. The molecule has 0 aromatic carbocycles. The zero-order valence-electron chi connectivity index (χ0n) is 11.7. The molecule has 0 aliphatic heterocycles. The van der Waals surface area contributed by atoms with Crippen LogP contribution in [-0.4, -0.2) is 16.0 Å². The van der Waals surface area contributed by atoms with E-state index in [0.717, 1.165) is 29.0 Å². The molecule has 1 aromatic rings. The topological polar surface area (TPSA) is 75.9 Å². The van der Waals surface area contributed by atoms with Crippen LogP contribution >= 0.6 is 0 Å². The van der Waals surface area contributed by atoms with Crippen molar-refractivity contribution in [3.63, 3.8) is 0 Å². The van der Waals surface area contributed by atoms with Crippen molar-refractivity contribution >= 4 is 11.6 Å². The van der Waals surface area contributed by atoms with Crippen molar-refractivity contribution in [1.82, 2.24) is 9.97 Å². The minimum absolute atomic E-state index is 0.341. The Morgan fingerprint density at radius 1 is 1.11 bits per heavy atom. The molecule has 2 fully saturated rings. The molecule has 0 amide bonds. The summed E-state index contributed by atoms with van der Waals surface area (Å²) in [6.45, 7) is 4.29. The van der Waals surface area contributed by atoms with E-state index in [1.54, 1.807) is 6.33 Å². The van der Waals surface area contributed by atoms with Crippen LogP contribution in [0, 0.1) is 11.8 Å². The van der Waals surface area contributed by atoms with Gasteiger partial charge >= 0.3 is 0 Å². The molecular weight excluding hydrogens is 238 g/mol. The number of anilines is 2. The predicted octanol–water partition coefficient (Wildman–Crippen LogP) is 2.49. The van der Waals surface area contributed by atoms with Crippen LogP contribution < -0.4 is 16.6 Å². The first-order chi connectivity index (χ1) is 9.20. The Morgan fingerprint density at radius 3 is 2.16 bits per heavy atom. The minimum Gasteiger partial charge on any atom is -0.366 e. The van der Waals surface area contributed by atoms with Gasteiger partial charge in [-0.1, -0.05) is 13.8 Å². The molecule has 0 unspecified atom stereocenters. The van der Waals surface area contributed by atoms with Crippen molar-refractivity contribution in [3.05, 3.63) is 11.9 Å². The first-order valence-electron chi connectivity index (χ1n) is 7.28. The summed E-state index contributed by atoms with van der Waals surface area (Å²) in [6, 6.07) is 0.595. The number of nitrogens with zero attached hydrogens (tertiary/aromatic N) is 2. The molecule has 0 bridgehead atoms. The third-order valence-corrected chi connectivity index (χ3v) is 4.16. The van der Waals surface area contributed by atoms with Crippen molar-refractivity contribution in [1.29, 1.82) is 0 Å². The van der Waals surface area contributed by atoms with Gasteiger partial charge in [-0.3, -0.25) is 0 Å². The molecule has 2 saturated carbocycles. The second-order valence-electron chi connectivity index (χ2n) is 6.13. The zero-order valence-corrected chi connectivity index (χ0v) is 11.7. The van der Waals surface area contributed by atoms with Gasteiger partial charge in [-0.25, -0.2) is 15.8 Å². The molecule has 0 saturated heterocycles. The summed E-state index contributed by atoms with van der Waals surface area (Å²) in [6.07, 6.45) is 7.02. The Morgan fingerprint density at radius 2 is 1.68 bits per heavy atom. The lowest BCUT2D eigenvalue weighted by Gasteiger charge is -2.22. The van der Waals surface area contributed by atoms with Gasteiger partial charge in [0.25, 0.3) is 0 Å². The van der Waals surface area contributed by atoms with Crippen molar-refractivity contribution in [2.24, 2.45) is 17.7 Å². The fourth-order valence-corrected chi connectivity index (χ4v) is 2.86. The number of rotatable bonds is 6. The lowest BCUT2D eigenvalue weighted by Crippen LogP contribution is -2.26. The average Bonchev–Trinajstić information content (AvgIpc) is 3.28. The first-order valence-corrected chi connectivity index (χ1v) is 7.28. The van der Waals surface area contributed by atoms with Crippen molar-refractivity contribution in [2.75, 3.05) is 10.7 Å². The van der Waals surface area contributed by atoms with Crippen LogP contribution in [0.2, 0.25) is 0 Å². The van der Waals surface area contributed by atoms with Crippen LogP contribution in [0.25, 0.3) is 0 Å². The van der Waals surface area contributed by atoms with Gasteiger partial charge in [0.2, 0.25) is 0 Å². The number of hydrazine groups is 1. The van der Waals surface area contributed by atoms with Gasteiger partial charge in [0.15, 0.2) is 0 Å². The highest BCUT2D eigenvalue weighted by Crippen LogP contribution is 2.46. The van der Waals surface area contributed by atoms with E-state index in [2.05, 4.69) is 34.6 Å². The maximum Gasteiger partial charge on any atom is 0.148 e. The van der Waals surface area contributed by atoms with Gasteiger partial charge in [-0.15, -0.1) is 0 Å². The van der Waals surface area contributed by atoms with Gasteiger partial charge in [0.1, 0.15) is 18.0 Å². The van der Waals surface area contributed by atoms with Crippen LogP contribution in [0.15, 0.2) is 6.33 Å². The summed E-state index contributed by atoms with van der Waals surface area (Å²) in [7, 11) is 0. The average molecular weight is 261 g/mol. The van der Waals surface area contributed by atoms with Crippen LogP contribution in [0.1, 0.15) is 51.0 Å². The Hall–Kier alpha value is -1.36. The van der Waals surface area contributed by atoms with E-state index in [9.17, 15) is 0 Å². The monoisotopic (exact) mass is 261 g/mol. The summed E-state index contributed by atoms with van der Waals surface area (Å²) in [5.41, 5.74) is 3.78. The highest BCUT2D eigenvalue weighted by Gasteiger charge is 2.42. The number of nitrogens with two attached hydrogens (primary N) is 1. The molecule has 1 aromatic heterocycles. The quantitative estimate of drug-likeness (QED) is 0.542. The maximum atomic E-state index is 5.56. The van der Waals surface area contributed by atoms with Crippen molar-refractivity contribution < 1.29 is 0 Å². The van der Waals surface area contributed by atoms with Crippen molar-refractivity contribution in [3.8, 4) is 0 Å². The van der Waals surface area contributed by atoms with Gasteiger partial charge in [-0.05, 0) is 43.4 Å². The Labute approximate surface area is 114 Å². The molecule has 0 spiro atoms. The summed E-state index contributed by atoms with van der Waals surface area (Å²) < 4.78 is 0. The molecule has 0 radical (unpaired) electrons. The smallest absolute Gasteiger partial charge is 0.148 e. The van der Waals surface area contributed by atoms with Crippen molar-refractivity contribution in [2.45, 2.75) is 51.5 Å². The van der Waals surface area contributed by atoms with E-state index in [1.165, 1.54) is 25.7 Å². The number of hydrogen-bond donors (Lipinski definition) is 3. The van der Waals surface area contributed by atoms with Gasteiger partial charge < -0.3 is 10.7 Å². The lowest BCUT2D eigenvalue weighted by atomic mass is 10.0. The fraction of sp³-hybridized carbons (Fsp3) is 0.714. The number of hydrogen-bond acceptors (Lipinski definition) is 5. The summed E-state index contributed by atoms with van der Waals surface area (Å²) in [4.78, 5) is 8.67. The van der Waals surface area contributed by atoms with E-state index >= 15 is 0 Å². The molecule has 2 aliphatic rings. The molecule has 2 aliphatic carbocycles. The van der Waals surface area contributed by atoms with Crippen LogP contribution in [-0.2, 0) is 0 Å². The largest absolute Gasteiger partial charge is 0.366 e. The number of nitrogens with one attached hydrogen (secondary N) is 2. The predicted molar refractivity (Wildman–Crippen MR) is 76.8 cm³/mol. The number of aromatic nitrogens is 2. The molecular formula is C14H23N5. The minimum atomic E-state index is 0.341. The zero-order chi connectivity index (χ0) is 13.4. The summed E-state index contributed by atoms with van der Waals surface area (Å²) >= 11 is 0. The molecule has 1 heterocycles. The van der Waals surface area contributed by atoms with Crippen LogP contribution in [0.4, 0.5) is 11.6 Å². The second kappa shape index (κ2) is 4.96. The SMILES string of the molecule is CC(C)c1c(NN)ncnc1NC(C1CC1)C1CC1. The third-order valence-electron chi connectivity index (χ3n) is 4.16.